The number of anilines is 1. The zero-order valence-electron chi connectivity index (χ0n) is 16.2. The van der Waals surface area contributed by atoms with Crippen LogP contribution >= 0.6 is 0 Å². The molecule has 3 rings (SSSR count). The van der Waals surface area contributed by atoms with Crippen molar-refractivity contribution in [1.82, 2.24) is 4.90 Å². The van der Waals surface area contributed by atoms with E-state index in [2.05, 4.69) is 49.5 Å². The summed E-state index contributed by atoms with van der Waals surface area (Å²) in [7, 11) is 1.97. The van der Waals surface area contributed by atoms with E-state index >= 15 is 0 Å². The van der Waals surface area contributed by atoms with E-state index in [9.17, 15) is 4.79 Å². The maximum Gasteiger partial charge on any atom is 0.238 e. The molecule has 0 atom stereocenters. The average Bonchev–Trinajstić information content (AvgIpc) is 2.65. The van der Waals surface area contributed by atoms with Crippen LogP contribution < -0.4 is 5.32 Å². The van der Waals surface area contributed by atoms with Gasteiger partial charge < -0.3 is 5.32 Å². The quantitative estimate of drug-likeness (QED) is 0.669. The summed E-state index contributed by atoms with van der Waals surface area (Å²) in [6, 6.07) is 24.5. The summed E-state index contributed by atoms with van der Waals surface area (Å²) in [5.41, 5.74) is 6.74. The number of rotatable bonds is 6. The van der Waals surface area contributed by atoms with Crippen LogP contribution in [0, 0.1) is 13.8 Å². The first-order chi connectivity index (χ1) is 13.0. The van der Waals surface area contributed by atoms with Crippen LogP contribution in [0.25, 0.3) is 11.1 Å². The molecule has 3 aromatic carbocycles. The lowest BCUT2D eigenvalue weighted by molar-refractivity contribution is -0.117. The molecular formula is C24H26N2O. The van der Waals surface area contributed by atoms with Crippen molar-refractivity contribution in [3.8, 4) is 11.1 Å². The Bertz CT molecular complexity index is 919. The molecule has 1 amide bonds. The minimum atomic E-state index is -0.00866. The van der Waals surface area contributed by atoms with E-state index in [0.29, 0.717) is 6.54 Å². The first-order valence-electron chi connectivity index (χ1n) is 9.22. The van der Waals surface area contributed by atoms with E-state index < -0.39 is 0 Å². The van der Waals surface area contributed by atoms with Crippen molar-refractivity contribution in [2.75, 3.05) is 18.9 Å². The molecule has 0 saturated heterocycles. The maximum atomic E-state index is 12.6. The molecule has 0 aliphatic carbocycles. The lowest BCUT2D eigenvalue weighted by Gasteiger charge is -2.19. The highest BCUT2D eigenvalue weighted by molar-refractivity contribution is 5.96. The summed E-state index contributed by atoms with van der Waals surface area (Å²) in [4.78, 5) is 14.6. The average molecular weight is 358 g/mol. The Kier molecular flexibility index (Phi) is 6.05. The van der Waals surface area contributed by atoms with Crippen molar-refractivity contribution in [2.45, 2.75) is 20.4 Å². The predicted molar refractivity (Wildman–Crippen MR) is 113 cm³/mol. The minimum Gasteiger partial charge on any atom is -0.324 e. The number of amides is 1. The van der Waals surface area contributed by atoms with Crippen molar-refractivity contribution in [3.05, 3.63) is 89.5 Å². The fourth-order valence-electron chi connectivity index (χ4n) is 3.27. The molecule has 0 radical (unpaired) electrons. The smallest absolute Gasteiger partial charge is 0.238 e. The fourth-order valence-corrected chi connectivity index (χ4v) is 3.27. The molecule has 0 bridgehead atoms. The molecule has 3 heteroatoms. The van der Waals surface area contributed by atoms with Crippen LogP contribution in [0.3, 0.4) is 0 Å². The van der Waals surface area contributed by atoms with Gasteiger partial charge >= 0.3 is 0 Å². The van der Waals surface area contributed by atoms with Crippen LogP contribution in [0.1, 0.15) is 16.7 Å². The highest BCUT2D eigenvalue weighted by Crippen LogP contribution is 2.27. The van der Waals surface area contributed by atoms with E-state index in [-0.39, 0.29) is 5.91 Å². The van der Waals surface area contributed by atoms with Gasteiger partial charge in [-0.05, 0) is 43.7 Å². The Balaban J connectivity index is 1.66. The van der Waals surface area contributed by atoms with Crippen LogP contribution in [-0.2, 0) is 11.3 Å². The van der Waals surface area contributed by atoms with Gasteiger partial charge in [-0.3, -0.25) is 9.69 Å². The highest BCUT2D eigenvalue weighted by Gasteiger charge is 2.11. The van der Waals surface area contributed by atoms with Gasteiger partial charge in [0.05, 0.1) is 6.54 Å². The van der Waals surface area contributed by atoms with Crippen molar-refractivity contribution < 1.29 is 4.79 Å². The van der Waals surface area contributed by atoms with Gasteiger partial charge in [-0.15, -0.1) is 0 Å². The zero-order chi connectivity index (χ0) is 19.2. The number of carbonyl (C=O) groups is 1. The van der Waals surface area contributed by atoms with Crippen LogP contribution in [0.2, 0.25) is 0 Å². The number of para-hydroxylation sites is 1. The largest absolute Gasteiger partial charge is 0.324 e. The normalized spacial score (nSPS) is 10.8. The van der Waals surface area contributed by atoms with Gasteiger partial charge in [-0.2, -0.15) is 0 Å². The molecule has 3 aromatic rings. The molecule has 0 saturated carbocycles. The molecule has 0 fully saturated rings. The van der Waals surface area contributed by atoms with Gasteiger partial charge in [0, 0.05) is 17.8 Å². The van der Waals surface area contributed by atoms with Crippen molar-refractivity contribution in [2.24, 2.45) is 0 Å². The van der Waals surface area contributed by atoms with Gasteiger partial charge in [-0.25, -0.2) is 0 Å². The van der Waals surface area contributed by atoms with E-state index in [0.717, 1.165) is 23.4 Å². The van der Waals surface area contributed by atoms with Gasteiger partial charge in [0.15, 0.2) is 0 Å². The van der Waals surface area contributed by atoms with E-state index in [1.807, 2.05) is 54.4 Å². The lowest BCUT2D eigenvalue weighted by Crippen LogP contribution is -2.30. The van der Waals surface area contributed by atoms with Crippen molar-refractivity contribution >= 4 is 11.6 Å². The number of hydrogen-bond donors (Lipinski definition) is 1. The molecule has 0 aliphatic heterocycles. The molecule has 3 nitrogen and oxygen atoms in total. The summed E-state index contributed by atoms with van der Waals surface area (Å²) in [6.07, 6.45) is 0. The number of nitrogens with zero attached hydrogens (tertiary/aromatic N) is 1. The van der Waals surface area contributed by atoms with Gasteiger partial charge in [0.25, 0.3) is 0 Å². The van der Waals surface area contributed by atoms with Gasteiger partial charge in [0.1, 0.15) is 0 Å². The highest BCUT2D eigenvalue weighted by atomic mass is 16.2. The Labute approximate surface area is 161 Å². The second kappa shape index (κ2) is 8.65. The predicted octanol–water partition coefficient (Wildman–Crippen LogP) is 5.04. The molecule has 0 aromatic heterocycles. The van der Waals surface area contributed by atoms with Crippen LogP contribution in [0.15, 0.2) is 72.8 Å². The third-order valence-electron chi connectivity index (χ3n) is 4.64. The molecule has 1 N–H and O–H groups in total. The number of aryl methyl sites for hydroxylation is 2. The SMILES string of the molecule is Cc1ccc(CN(C)CC(=O)Nc2ccccc2-c2ccccc2)c(C)c1. The molecule has 138 valence electrons. The third kappa shape index (κ3) is 5.05. The van der Waals surface area contributed by atoms with Gasteiger partial charge in [-0.1, -0.05) is 72.3 Å². The Morgan fingerprint density at radius 2 is 1.63 bits per heavy atom. The number of likely N-dealkylation sites (N-methyl/N-ethyl adjacent to an activating group) is 1. The first kappa shape index (κ1) is 18.9. The van der Waals surface area contributed by atoms with Gasteiger partial charge in [0.2, 0.25) is 5.91 Å². The van der Waals surface area contributed by atoms with E-state index in [4.69, 9.17) is 0 Å². The Hall–Kier alpha value is -2.91. The lowest BCUT2D eigenvalue weighted by atomic mass is 10.0. The summed E-state index contributed by atoms with van der Waals surface area (Å²) in [6.45, 7) is 5.31. The number of hydrogen-bond acceptors (Lipinski definition) is 2. The van der Waals surface area contributed by atoms with E-state index in [1.165, 1.54) is 16.7 Å². The molecule has 0 heterocycles. The first-order valence-corrected chi connectivity index (χ1v) is 9.22. The number of nitrogens with one attached hydrogen (secondary N) is 1. The van der Waals surface area contributed by atoms with Crippen molar-refractivity contribution in [3.63, 3.8) is 0 Å². The van der Waals surface area contributed by atoms with Crippen LogP contribution in [-0.4, -0.2) is 24.4 Å². The van der Waals surface area contributed by atoms with Crippen LogP contribution in [0.5, 0.6) is 0 Å². The summed E-state index contributed by atoms with van der Waals surface area (Å²) >= 11 is 0. The molecule has 0 spiro atoms. The third-order valence-corrected chi connectivity index (χ3v) is 4.64. The molecular weight excluding hydrogens is 332 g/mol. The monoisotopic (exact) mass is 358 g/mol. The van der Waals surface area contributed by atoms with E-state index in [1.54, 1.807) is 0 Å². The molecule has 0 unspecified atom stereocenters. The fraction of sp³-hybridized carbons (Fsp3) is 0.208. The topological polar surface area (TPSA) is 32.3 Å². The second-order valence-corrected chi connectivity index (χ2v) is 7.06. The number of carbonyl (C=O) groups excluding carboxylic acids is 1. The minimum absolute atomic E-state index is 0.00866. The Morgan fingerprint density at radius 1 is 0.926 bits per heavy atom. The Morgan fingerprint density at radius 3 is 2.37 bits per heavy atom. The standard InChI is InChI=1S/C24H26N2O/c1-18-13-14-21(19(2)15-18)16-26(3)17-24(27)25-23-12-8-7-11-22(23)20-9-5-4-6-10-20/h4-15H,16-17H2,1-3H3,(H,25,27). The zero-order valence-corrected chi connectivity index (χ0v) is 16.2. The summed E-state index contributed by atoms with van der Waals surface area (Å²) < 4.78 is 0. The molecule has 0 aliphatic rings. The second-order valence-electron chi connectivity index (χ2n) is 7.06. The van der Waals surface area contributed by atoms with Crippen molar-refractivity contribution in [1.29, 1.82) is 0 Å². The maximum absolute atomic E-state index is 12.6. The number of benzene rings is 3. The summed E-state index contributed by atoms with van der Waals surface area (Å²) in [5.74, 6) is -0.00866. The summed E-state index contributed by atoms with van der Waals surface area (Å²) in [5, 5.41) is 3.07. The van der Waals surface area contributed by atoms with Crippen LogP contribution in [0.4, 0.5) is 5.69 Å². The molecule has 27 heavy (non-hydrogen) atoms.